The second kappa shape index (κ2) is 4.06. The minimum atomic E-state index is 0.271. The summed E-state index contributed by atoms with van der Waals surface area (Å²) in [5.74, 6) is 1.18. The molecule has 3 nitrogen and oxygen atoms in total. The van der Waals surface area contributed by atoms with Crippen molar-refractivity contribution in [2.75, 3.05) is 0 Å². The molecule has 2 aromatic rings. The maximum Gasteiger partial charge on any atom is 0.140 e. The summed E-state index contributed by atoms with van der Waals surface area (Å²) in [6.07, 6.45) is 1.78. The predicted molar refractivity (Wildman–Crippen MR) is 62.7 cm³/mol. The van der Waals surface area contributed by atoms with E-state index in [9.17, 15) is 5.11 Å². The molecule has 0 bridgehead atoms. The molecule has 1 heterocycles. The minimum absolute atomic E-state index is 0.271. The van der Waals surface area contributed by atoms with Crippen molar-refractivity contribution in [3.8, 4) is 17.1 Å². The largest absolute Gasteiger partial charge is 0.508 e. The standard InChI is InChI=1S/C11H11BrN2O/c1-2-14-10(12)7-13-11(14)8-3-5-9(15)6-4-8/h3-7,15H,2H2,1H3. The predicted octanol–water partition coefficient (Wildman–Crippen LogP) is 3.04. The van der Waals surface area contributed by atoms with Crippen LogP contribution in [0.15, 0.2) is 35.1 Å². The summed E-state index contributed by atoms with van der Waals surface area (Å²) in [5.41, 5.74) is 1.00. The number of hydrogen-bond donors (Lipinski definition) is 1. The van der Waals surface area contributed by atoms with Crippen molar-refractivity contribution >= 4 is 15.9 Å². The quantitative estimate of drug-likeness (QED) is 0.908. The van der Waals surface area contributed by atoms with Gasteiger partial charge in [-0.3, -0.25) is 0 Å². The number of nitrogens with zero attached hydrogens (tertiary/aromatic N) is 2. The van der Waals surface area contributed by atoms with Gasteiger partial charge in [-0.2, -0.15) is 0 Å². The SMILES string of the molecule is CCn1c(Br)cnc1-c1ccc(O)cc1. The van der Waals surface area contributed by atoms with Gasteiger partial charge in [0.1, 0.15) is 16.2 Å². The monoisotopic (exact) mass is 266 g/mol. The minimum Gasteiger partial charge on any atom is -0.508 e. The Kier molecular flexibility index (Phi) is 2.77. The lowest BCUT2D eigenvalue weighted by Crippen LogP contribution is -1.97. The number of halogens is 1. The van der Waals surface area contributed by atoms with E-state index in [1.807, 2.05) is 12.1 Å². The zero-order valence-electron chi connectivity index (χ0n) is 8.31. The molecule has 0 amide bonds. The third-order valence-electron chi connectivity index (χ3n) is 2.25. The summed E-state index contributed by atoms with van der Waals surface area (Å²) < 4.78 is 3.03. The maximum absolute atomic E-state index is 9.20. The van der Waals surface area contributed by atoms with Gasteiger partial charge in [0.05, 0.1) is 6.20 Å². The van der Waals surface area contributed by atoms with Crippen molar-refractivity contribution in [2.45, 2.75) is 13.5 Å². The number of aromatic hydroxyl groups is 1. The van der Waals surface area contributed by atoms with Crippen molar-refractivity contribution in [1.29, 1.82) is 0 Å². The molecule has 1 aromatic carbocycles. The topological polar surface area (TPSA) is 38.0 Å². The lowest BCUT2D eigenvalue weighted by atomic mass is 10.2. The van der Waals surface area contributed by atoms with E-state index in [2.05, 4.69) is 32.4 Å². The Labute approximate surface area is 96.5 Å². The molecule has 4 heteroatoms. The molecule has 0 aliphatic rings. The molecule has 0 aliphatic carbocycles. The van der Waals surface area contributed by atoms with Crippen LogP contribution in [0, 0.1) is 0 Å². The molecule has 2 rings (SSSR count). The first kappa shape index (κ1) is 10.2. The van der Waals surface area contributed by atoms with E-state index in [-0.39, 0.29) is 5.75 Å². The van der Waals surface area contributed by atoms with E-state index in [4.69, 9.17) is 0 Å². The number of imidazole rings is 1. The summed E-state index contributed by atoms with van der Waals surface area (Å²) in [6.45, 7) is 2.92. The van der Waals surface area contributed by atoms with Crippen LogP contribution in [-0.4, -0.2) is 14.7 Å². The van der Waals surface area contributed by atoms with Crippen LogP contribution in [0.5, 0.6) is 5.75 Å². The molecule has 0 aliphatic heterocycles. The molecule has 0 radical (unpaired) electrons. The van der Waals surface area contributed by atoms with Crippen LogP contribution in [0.2, 0.25) is 0 Å². The van der Waals surface area contributed by atoms with Gasteiger partial charge in [-0.25, -0.2) is 4.98 Å². The number of rotatable bonds is 2. The van der Waals surface area contributed by atoms with Crippen molar-refractivity contribution in [3.63, 3.8) is 0 Å². The average molecular weight is 267 g/mol. The van der Waals surface area contributed by atoms with Gasteiger partial charge in [0.2, 0.25) is 0 Å². The van der Waals surface area contributed by atoms with Gasteiger partial charge in [0, 0.05) is 12.1 Å². The molecular formula is C11H11BrN2O. The number of aromatic nitrogens is 2. The van der Waals surface area contributed by atoms with Gasteiger partial charge in [-0.15, -0.1) is 0 Å². The first-order valence-electron chi connectivity index (χ1n) is 4.72. The lowest BCUT2D eigenvalue weighted by Gasteiger charge is -2.05. The average Bonchev–Trinajstić information content (AvgIpc) is 2.61. The molecular weight excluding hydrogens is 256 g/mol. The van der Waals surface area contributed by atoms with Gasteiger partial charge in [0.25, 0.3) is 0 Å². The Bertz CT molecular complexity index is 462. The summed E-state index contributed by atoms with van der Waals surface area (Å²) in [5, 5.41) is 9.20. The second-order valence-electron chi connectivity index (χ2n) is 3.20. The molecule has 0 atom stereocenters. The van der Waals surface area contributed by atoms with Crippen LogP contribution in [0.25, 0.3) is 11.4 Å². The van der Waals surface area contributed by atoms with E-state index < -0.39 is 0 Å². The smallest absolute Gasteiger partial charge is 0.140 e. The molecule has 0 spiro atoms. The van der Waals surface area contributed by atoms with Gasteiger partial charge < -0.3 is 9.67 Å². The highest BCUT2D eigenvalue weighted by Gasteiger charge is 2.08. The summed E-state index contributed by atoms with van der Waals surface area (Å²) >= 11 is 3.44. The van der Waals surface area contributed by atoms with Gasteiger partial charge in [-0.1, -0.05) is 0 Å². The molecule has 15 heavy (non-hydrogen) atoms. The number of phenols is 1. The zero-order chi connectivity index (χ0) is 10.8. The third kappa shape index (κ3) is 1.90. The first-order chi connectivity index (χ1) is 7.22. The van der Waals surface area contributed by atoms with E-state index >= 15 is 0 Å². The number of benzene rings is 1. The molecule has 1 N–H and O–H groups in total. The fraction of sp³-hybridized carbons (Fsp3) is 0.182. The van der Waals surface area contributed by atoms with Crippen molar-refractivity contribution in [3.05, 3.63) is 35.1 Å². The molecule has 0 unspecified atom stereocenters. The van der Waals surface area contributed by atoms with Crippen molar-refractivity contribution in [2.24, 2.45) is 0 Å². The Balaban J connectivity index is 2.49. The van der Waals surface area contributed by atoms with Gasteiger partial charge in [0.15, 0.2) is 0 Å². The van der Waals surface area contributed by atoms with Crippen LogP contribution >= 0.6 is 15.9 Å². The fourth-order valence-electron chi connectivity index (χ4n) is 1.50. The highest BCUT2D eigenvalue weighted by atomic mass is 79.9. The molecule has 0 saturated heterocycles. The van der Waals surface area contributed by atoms with Crippen molar-refractivity contribution < 1.29 is 5.11 Å². The van der Waals surface area contributed by atoms with E-state index in [1.54, 1.807) is 18.3 Å². The Morgan fingerprint density at radius 3 is 2.60 bits per heavy atom. The first-order valence-corrected chi connectivity index (χ1v) is 5.52. The van der Waals surface area contributed by atoms with Crippen LogP contribution < -0.4 is 0 Å². The third-order valence-corrected chi connectivity index (χ3v) is 2.88. The lowest BCUT2D eigenvalue weighted by molar-refractivity contribution is 0.475. The molecule has 1 aromatic heterocycles. The summed E-state index contributed by atoms with van der Waals surface area (Å²) in [6, 6.07) is 7.04. The van der Waals surface area contributed by atoms with E-state index in [0.717, 1.165) is 22.5 Å². The summed E-state index contributed by atoms with van der Waals surface area (Å²) in [4.78, 5) is 4.32. The van der Waals surface area contributed by atoms with Crippen LogP contribution in [-0.2, 0) is 6.54 Å². The molecule has 78 valence electrons. The number of hydrogen-bond acceptors (Lipinski definition) is 2. The fourth-order valence-corrected chi connectivity index (χ4v) is 2.02. The Hall–Kier alpha value is -1.29. The number of phenolic OH excluding ortho intramolecular Hbond substituents is 1. The van der Waals surface area contributed by atoms with Gasteiger partial charge >= 0.3 is 0 Å². The second-order valence-corrected chi connectivity index (χ2v) is 4.01. The van der Waals surface area contributed by atoms with Gasteiger partial charge in [-0.05, 0) is 47.1 Å². The highest BCUT2D eigenvalue weighted by Crippen LogP contribution is 2.24. The highest BCUT2D eigenvalue weighted by molar-refractivity contribution is 9.10. The summed E-state index contributed by atoms with van der Waals surface area (Å²) in [7, 11) is 0. The normalized spacial score (nSPS) is 10.5. The van der Waals surface area contributed by atoms with Crippen LogP contribution in [0.1, 0.15) is 6.92 Å². The molecule has 0 fully saturated rings. The van der Waals surface area contributed by atoms with E-state index in [0.29, 0.717) is 0 Å². The van der Waals surface area contributed by atoms with E-state index in [1.165, 1.54) is 0 Å². The van der Waals surface area contributed by atoms with Crippen molar-refractivity contribution in [1.82, 2.24) is 9.55 Å². The van der Waals surface area contributed by atoms with Crippen LogP contribution in [0.3, 0.4) is 0 Å². The maximum atomic E-state index is 9.20. The Morgan fingerprint density at radius 1 is 1.33 bits per heavy atom. The molecule has 0 saturated carbocycles. The zero-order valence-corrected chi connectivity index (χ0v) is 9.90. The Morgan fingerprint density at radius 2 is 2.00 bits per heavy atom. The van der Waals surface area contributed by atoms with Crippen LogP contribution in [0.4, 0.5) is 0 Å².